The van der Waals surface area contributed by atoms with Gasteiger partial charge in [0.1, 0.15) is 6.61 Å². The summed E-state index contributed by atoms with van der Waals surface area (Å²) in [5, 5.41) is 6.44. The molecule has 122 valence electrons. The van der Waals surface area contributed by atoms with Crippen molar-refractivity contribution in [2.24, 2.45) is 0 Å². The fraction of sp³-hybridized carbons (Fsp3) is 0.118. The van der Waals surface area contributed by atoms with Gasteiger partial charge in [-0.3, -0.25) is 0 Å². The number of halogens is 1. The van der Waals surface area contributed by atoms with E-state index >= 15 is 0 Å². The van der Waals surface area contributed by atoms with E-state index in [0.29, 0.717) is 11.7 Å². The summed E-state index contributed by atoms with van der Waals surface area (Å²) in [7, 11) is 0. The van der Waals surface area contributed by atoms with E-state index in [1.165, 1.54) is 0 Å². The average Bonchev–Trinajstić information content (AvgIpc) is 3.08. The molecule has 6 nitrogen and oxygen atoms in total. The first kappa shape index (κ1) is 16.2. The third-order valence-corrected chi connectivity index (χ3v) is 3.87. The van der Waals surface area contributed by atoms with E-state index in [0.717, 1.165) is 15.6 Å². The number of amides is 1. The molecule has 2 aromatic carbocycles. The number of alkyl carbamates (subject to hydrolysis) is 1. The maximum absolute atomic E-state index is 11.7. The van der Waals surface area contributed by atoms with Crippen LogP contribution in [0.15, 0.2) is 63.6 Å². The van der Waals surface area contributed by atoms with Gasteiger partial charge in [0, 0.05) is 4.47 Å². The fourth-order valence-electron chi connectivity index (χ4n) is 2.00. The van der Waals surface area contributed by atoms with Crippen molar-refractivity contribution in [1.29, 1.82) is 0 Å². The van der Waals surface area contributed by atoms with Crippen LogP contribution < -0.4 is 5.32 Å². The highest BCUT2D eigenvalue weighted by molar-refractivity contribution is 9.10. The molecule has 0 saturated heterocycles. The summed E-state index contributed by atoms with van der Waals surface area (Å²) in [5.41, 5.74) is 1.71. The van der Waals surface area contributed by atoms with Crippen molar-refractivity contribution in [2.75, 3.05) is 0 Å². The Balaban J connectivity index is 1.52. The molecule has 3 aromatic rings. The fourth-order valence-corrected chi connectivity index (χ4v) is 2.45. The number of nitrogens with one attached hydrogen (secondary N) is 1. The van der Waals surface area contributed by atoms with E-state index in [2.05, 4.69) is 31.4 Å². The molecule has 1 amide bonds. The number of hydrogen-bond acceptors (Lipinski definition) is 5. The van der Waals surface area contributed by atoms with Gasteiger partial charge in [0.2, 0.25) is 0 Å². The van der Waals surface area contributed by atoms with Crippen molar-refractivity contribution in [1.82, 2.24) is 15.5 Å². The molecule has 7 heteroatoms. The van der Waals surface area contributed by atoms with E-state index in [4.69, 9.17) is 9.26 Å². The van der Waals surface area contributed by atoms with Crippen LogP contribution in [0.2, 0.25) is 0 Å². The van der Waals surface area contributed by atoms with E-state index in [1.54, 1.807) is 0 Å². The highest BCUT2D eigenvalue weighted by Crippen LogP contribution is 2.26. The smallest absolute Gasteiger partial charge is 0.407 e. The van der Waals surface area contributed by atoms with Crippen LogP contribution in [-0.2, 0) is 17.9 Å². The molecule has 0 radical (unpaired) electrons. The Labute approximate surface area is 147 Å². The Hall–Kier alpha value is -2.67. The van der Waals surface area contributed by atoms with Gasteiger partial charge in [-0.1, -0.05) is 47.6 Å². The van der Waals surface area contributed by atoms with E-state index < -0.39 is 6.09 Å². The van der Waals surface area contributed by atoms with Gasteiger partial charge in [0.05, 0.1) is 12.1 Å². The number of rotatable bonds is 5. The Morgan fingerprint density at radius 2 is 1.88 bits per heavy atom. The van der Waals surface area contributed by atoms with E-state index in [-0.39, 0.29) is 13.2 Å². The maximum Gasteiger partial charge on any atom is 0.407 e. The van der Waals surface area contributed by atoms with Crippen LogP contribution in [0, 0.1) is 0 Å². The van der Waals surface area contributed by atoms with Crippen molar-refractivity contribution in [2.45, 2.75) is 13.2 Å². The molecular weight excluding hydrogens is 374 g/mol. The van der Waals surface area contributed by atoms with Crippen molar-refractivity contribution in [3.63, 3.8) is 0 Å². The molecule has 0 aliphatic rings. The lowest BCUT2D eigenvalue weighted by atomic mass is 10.2. The minimum Gasteiger partial charge on any atom is -0.445 e. The van der Waals surface area contributed by atoms with Gasteiger partial charge < -0.3 is 14.6 Å². The standard InChI is InChI=1S/C17H14BrN3O3/c18-14-9-5-4-8-13(14)16-20-15(21-24-16)10-19-17(22)23-11-12-6-2-1-3-7-12/h1-9H,10-11H2,(H,19,22). The van der Waals surface area contributed by atoms with Gasteiger partial charge in [-0.2, -0.15) is 4.98 Å². The van der Waals surface area contributed by atoms with Crippen LogP contribution in [0.5, 0.6) is 0 Å². The molecule has 1 heterocycles. The molecule has 1 aromatic heterocycles. The third-order valence-electron chi connectivity index (χ3n) is 3.18. The van der Waals surface area contributed by atoms with Crippen molar-refractivity contribution < 1.29 is 14.1 Å². The van der Waals surface area contributed by atoms with Gasteiger partial charge in [0.25, 0.3) is 5.89 Å². The second kappa shape index (κ2) is 7.74. The van der Waals surface area contributed by atoms with Gasteiger partial charge in [0.15, 0.2) is 5.82 Å². The number of carbonyl (C=O) groups excluding carboxylic acids is 1. The molecule has 0 spiro atoms. The number of nitrogens with zero attached hydrogens (tertiary/aromatic N) is 2. The Morgan fingerprint density at radius 1 is 1.12 bits per heavy atom. The number of benzene rings is 2. The van der Waals surface area contributed by atoms with Gasteiger partial charge in [-0.05, 0) is 33.6 Å². The monoisotopic (exact) mass is 387 g/mol. The maximum atomic E-state index is 11.7. The first-order chi connectivity index (χ1) is 11.7. The summed E-state index contributed by atoms with van der Waals surface area (Å²) in [4.78, 5) is 15.9. The largest absolute Gasteiger partial charge is 0.445 e. The zero-order valence-corrected chi connectivity index (χ0v) is 14.2. The predicted octanol–water partition coefficient (Wildman–Crippen LogP) is 3.93. The average molecular weight is 388 g/mol. The number of aromatic nitrogens is 2. The topological polar surface area (TPSA) is 77.3 Å². The van der Waals surface area contributed by atoms with Crippen LogP contribution in [0.25, 0.3) is 11.5 Å². The minimum absolute atomic E-state index is 0.127. The van der Waals surface area contributed by atoms with Crippen molar-refractivity contribution in [3.05, 3.63) is 70.5 Å². The van der Waals surface area contributed by atoms with Crippen molar-refractivity contribution in [3.8, 4) is 11.5 Å². The zero-order chi connectivity index (χ0) is 16.8. The van der Waals surface area contributed by atoms with Crippen LogP contribution in [0.1, 0.15) is 11.4 Å². The highest BCUT2D eigenvalue weighted by atomic mass is 79.9. The second-order valence-electron chi connectivity index (χ2n) is 4.91. The SMILES string of the molecule is O=C(NCc1noc(-c2ccccc2Br)n1)OCc1ccccc1. The zero-order valence-electron chi connectivity index (χ0n) is 12.6. The summed E-state index contributed by atoms with van der Waals surface area (Å²) in [6.45, 7) is 0.336. The Bertz CT molecular complexity index is 821. The quantitative estimate of drug-likeness (QED) is 0.717. The van der Waals surface area contributed by atoms with E-state index in [9.17, 15) is 4.79 Å². The number of ether oxygens (including phenoxy) is 1. The lowest BCUT2D eigenvalue weighted by Gasteiger charge is -2.05. The lowest BCUT2D eigenvalue weighted by molar-refractivity contribution is 0.139. The first-order valence-electron chi connectivity index (χ1n) is 7.24. The Kier molecular flexibility index (Phi) is 5.22. The van der Waals surface area contributed by atoms with Gasteiger partial charge >= 0.3 is 6.09 Å². The van der Waals surface area contributed by atoms with E-state index in [1.807, 2.05) is 54.6 Å². The highest BCUT2D eigenvalue weighted by Gasteiger charge is 2.12. The van der Waals surface area contributed by atoms with Crippen LogP contribution in [0.3, 0.4) is 0 Å². The van der Waals surface area contributed by atoms with Crippen molar-refractivity contribution >= 4 is 22.0 Å². The molecule has 3 rings (SSSR count). The molecule has 0 saturated carbocycles. The summed E-state index contributed by atoms with van der Waals surface area (Å²) < 4.78 is 11.2. The molecule has 0 bridgehead atoms. The Morgan fingerprint density at radius 3 is 2.67 bits per heavy atom. The lowest BCUT2D eigenvalue weighted by Crippen LogP contribution is -2.24. The number of hydrogen-bond donors (Lipinski definition) is 1. The molecular formula is C17H14BrN3O3. The molecule has 0 aliphatic carbocycles. The summed E-state index contributed by atoms with van der Waals surface area (Å²) in [6, 6.07) is 17.0. The van der Waals surface area contributed by atoms with Crippen LogP contribution >= 0.6 is 15.9 Å². The molecule has 24 heavy (non-hydrogen) atoms. The van der Waals surface area contributed by atoms with Crippen LogP contribution in [0.4, 0.5) is 4.79 Å². The molecule has 0 unspecified atom stereocenters. The normalized spacial score (nSPS) is 10.4. The summed E-state index contributed by atoms with van der Waals surface area (Å²) >= 11 is 3.43. The molecule has 1 N–H and O–H groups in total. The van der Waals surface area contributed by atoms with Crippen LogP contribution in [-0.4, -0.2) is 16.2 Å². The summed E-state index contributed by atoms with van der Waals surface area (Å²) in [5.74, 6) is 0.759. The number of carbonyl (C=O) groups is 1. The van der Waals surface area contributed by atoms with Gasteiger partial charge in [-0.15, -0.1) is 0 Å². The minimum atomic E-state index is -0.536. The van der Waals surface area contributed by atoms with Gasteiger partial charge in [-0.25, -0.2) is 4.79 Å². The molecule has 0 aliphatic heterocycles. The predicted molar refractivity (Wildman–Crippen MR) is 90.9 cm³/mol. The summed E-state index contributed by atoms with van der Waals surface area (Å²) in [6.07, 6.45) is -0.536. The molecule has 0 fully saturated rings. The second-order valence-corrected chi connectivity index (χ2v) is 5.77. The molecule has 0 atom stereocenters. The third kappa shape index (κ3) is 4.20. The first-order valence-corrected chi connectivity index (χ1v) is 8.04.